The van der Waals surface area contributed by atoms with E-state index in [2.05, 4.69) is 10.4 Å². The maximum absolute atomic E-state index is 12.8. The fourth-order valence-corrected chi connectivity index (χ4v) is 2.75. The number of furan rings is 2. The molecule has 0 saturated carbocycles. The summed E-state index contributed by atoms with van der Waals surface area (Å²) in [6.07, 6.45) is 4.44. The zero-order valence-corrected chi connectivity index (χ0v) is 14.8. The number of carbonyl (C=O) groups excluding carboxylic acids is 2. The lowest BCUT2D eigenvalue weighted by atomic mass is 10.1. The van der Waals surface area contributed by atoms with Gasteiger partial charge in [-0.3, -0.25) is 4.79 Å². The van der Waals surface area contributed by atoms with Gasteiger partial charge in [0.2, 0.25) is 0 Å². The number of hydrazone groups is 1. The van der Waals surface area contributed by atoms with Gasteiger partial charge in [-0.15, -0.1) is 0 Å². The van der Waals surface area contributed by atoms with Gasteiger partial charge in [0.05, 0.1) is 12.5 Å². The summed E-state index contributed by atoms with van der Waals surface area (Å²) in [6, 6.07) is 6.51. The van der Waals surface area contributed by atoms with E-state index in [0.29, 0.717) is 30.2 Å². The zero-order valence-electron chi connectivity index (χ0n) is 14.8. The summed E-state index contributed by atoms with van der Waals surface area (Å²) in [6.45, 7) is 2.45. The molecular weight excluding hydrogens is 336 g/mol. The molecule has 2 aromatic heterocycles. The first kappa shape index (κ1) is 17.8. The van der Waals surface area contributed by atoms with Gasteiger partial charge in [-0.25, -0.2) is 9.80 Å². The lowest BCUT2D eigenvalue weighted by molar-refractivity contribution is -0.133. The van der Waals surface area contributed by atoms with Gasteiger partial charge in [-0.2, -0.15) is 5.10 Å². The molecule has 8 nitrogen and oxygen atoms in total. The van der Waals surface area contributed by atoms with E-state index in [1.807, 2.05) is 13.0 Å². The zero-order chi connectivity index (χ0) is 18.5. The highest BCUT2D eigenvalue weighted by Crippen LogP contribution is 2.33. The molecule has 0 unspecified atom stereocenters. The van der Waals surface area contributed by atoms with E-state index in [0.717, 1.165) is 6.42 Å². The Balaban J connectivity index is 1.75. The predicted molar refractivity (Wildman–Crippen MR) is 94.5 cm³/mol. The van der Waals surface area contributed by atoms with Gasteiger partial charge in [0, 0.05) is 20.0 Å². The van der Waals surface area contributed by atoms with Crippen molar-refractivity contribution in [2.24, 2.45) is 5.10 Å². The predicted octanol–water partition coefficient (Wildman–Crippen LogP) is 2.60. The van der Waals surface area contributed by atoms with Gasteiger partial charge >= 0.3 is 6.03 Å². The van der Waals surface area contributed by atoms with Crippen molar-refractivity contribution in [1.29, 1.82) is 0 Å². The van der Waals surface area contributed by atoms with Crippen LogP contribution >= 0.6 is 0 Å². The lowest BCUT2D eigenvalue weighted by Crippen LogP contribution is -2.43. The molecule has 3 amide bonds. The molecule has 2 aromatic rings. The van der Waals surface area contributed by atoms with Crippen molar-refractivity contribution in [3.05, 3.63) is 48.3 Å². The van der Waals surface area contributed by atoms with Gasteiger partial charge in [0.15, 0.2) is 0 Å². The second-order valence-corrected chi connectivity index (χ2v) is 6.09. The summed E-state index contributed by atoms with van der Waals surface area (Å²) in [7, 11) is 1.58. The van der Waals surface area contributed by atoms with Crippen LogP contribution in [0.5, 0.6) is 0 Å². The van der Waals surface area contributed by atoms with Crippen LogP contribution in [0, 0.1) is 0 Å². The van der Waals surface area contributed by atoms with Crippen LogP contribution in [-0.2, 0) is 4.79 Å². The molecule has 0 spiro atoms. The Hall–Kier alpha value is -3.03. The van der Waals surface area contributed by atoms with E-state index < -0.39 is 0 Å². The minimum atomic E-state index is -0.357. The molecule has 138 valence electrons. The van der Waals surface area contributed by atoms with E-state index in [9.17, 15) is 9.59 Å². The molecule has 1 atom stereocenters. The molecule has 0 saturated heterocycles. The molecule has 8 heteroatoms. The van der Waals surface area contributed by atoms with Crippen molar-refractivity contribution < 1.29 is 18.4 Å². The number of amides is 3. The van der Waals surface area contributed by atoms with Crippen LogP contribution in [0.4, 0.5) is 4.79 Å². The highest BCUT2D eigenvalue weighted by atomic mass is 16.3. The molecule has 0 aromatic carbocycles. The summed E-state index contributed by atoms with van der Waals surface area (Å²) in [4.78, 5) is 26.1. The van der Waals surface area contributed by atoms with Gasteiger partial charge < -0.3 is 19.1 Å². The molecule has 1 aliphatic rings. The summed E-state index contributed by atoms with van der Waals surface area (Å²) < 4.78 is 10.9. The van der Waals surface area contributed by atoms with Gasteiger partial charge in [-0.05, 0) is 30.7 Å². The van der Waals surface area contributed by atoms with Crippen LogP contribution < -0.4 is 5.32 Å². The molecule has 0 bridgehead atoms. The standard InChI is InChI=1S/C18H22N4O4/c1-3-8-19-18(24)21(2)12-17(23)22-14(16-7-5-10-26-16)11-13(20-22)15-6-4-9-25-15/h4-7,9-10,14H,3,8,11-12H2,1-2H3,(H,19,24)/t14-/m1/s1. The number of likely N-dealkylation sites (N-methyl/N-ethyl adjacent to an activating group) is 1. The third kappa shape index (κ3) is 3.79. The third-order valence-electron chi connectivity index (χ3n) is 4.09. The summed E-state index contributed by atoms with van der Waals surface area (Å²) >= 11 is 0. The number of carbonyl (C=O) groups is 2. The summed E-state index contributed by atoms with van der Waals surface area (Å²) in [5.41, 5.74) is 0.669. The number of nitrogens with zero attached hydrogens (tertiary/aromatic N) is 3. The van der Waals surface area contributed by atoms with Crippen LogP contribution in [0.2, 0.25) is 0 Å². The van der Waals surface area contributed by atoms with Gasteiger partial charge in [0.1, 0.15) is 29.8 Å². The van der Waals surface area contributed by atoms with E-state index in [4.69, 9.17) is 8.83 Å². The maximum Gasteiger partial charge on any atom is 0.317 e. The van der Waals surface area contributed by atoms with Crippen LogP contribution in [0.25, 0.3) is 0 Å². The average molecular weight is 358 g/mol. The smallest absolute Gasteiger partial charge is 0.317 e. The number of hydrogen-bond acceptors (Lipinski definition) is 5. The van der Waals surface area contributed by atoms with Crippen molar-refractivity contribution in [2.75, 3.05) is 20.1 Å². The Kier molecular flexibility index (Phi) is 5.40. The fraction of sp³-hybridized carbons (Fsp3) is 0.389. The highest BCUT2D eigenvalue weighted by molar-refractivity contribution is 6.01. The summed E-state index contributed by atoms with van der Waals surface area (Å²) in [5, 5.41) is 8.55. The van der Waals surface area contributed by atoms with Crippen LogP contribution in [0.3, 0.4) is 0 Å². The topological polar surface area (TPSA) is 91.3 Å². The Morgan fingerprint density at radius 1 is 1.31 bits per heavy atom. The van der Waals surface area contributed by atoms with Gasteiger partial charge in [-0.1, -0.05) is 6.92 Å². The molecule has 3 heterocycles. The molecule has 1 aliphatic heterocycles. The first-order valence-corrected chi connectivity index (χ1v) is 8.56. The SMILES string of the molecule is CCCNC(=O)N(C)CC(=O)N1N=C(c2ccco2)C[C@@H]1c1ccco1. The minimum absolute atomic E-state index is 0.0817. The molecular formula is C18H22N4O4. The third-order valence-corrected chi connectivity index (χ3v) is 4.09. The van der Waals surface area contributed by atoms with Crippen LogP contribution in [0.1, 0.15) is 37.3 Å². The Bertz CT molecular complexity index is 767. The Morgan fingerprint density at radius 3 is 2.73 bits per heavy atom. The molecule has 3 rings (SSSR count). The number of urea groups is 1. The molecule has 0 aliphatic carbocycles. The maximum atomic E-state index is 12.8. The van der Waals surface area contributed by atoms with Crippen molar-refractivity contribution in [3.8, 4) is 0 Å². The van der Waals surface area contributed by atoms with Crippen molar-refractivity contribution in [1.82, 2.24) is 15.2 Å². The molecule has 26 heavy (non-hydrogen) atoms. The quantitative estimate of drug-likeness (QED) is 0.859. The lowest BCUT2D eigenvalue weighted by Gasteiger charge is -2.23. The second-order valence-electron chi connectivity index (χ2n) is 6.09. The Labute approximate surface area is 151 Å². The van der Waals surface area contributed by atoms with Crippen molar-refractivity contribution in [2.45, 2.75) is 25.8 Å². The summed E-state index contributed by atoms with van der Waals surface area (Å²) in [5.74, 6) is 0.967. The van der Waals surface area contributed by atoms with Crippen LogP contribution in [0.15, 0.2) is 50.7 Å². The van der Waals surface area contributed by atoms with Crippen molar-refractivity contribution >= 4 is 17.6 Å². The fourth-order valence-electron chi connectivity index (χ4n) is 2.75. The molecule has 1 N–H and O–H groups in total. The molecule has 0 radical (unpaired) electrons. The first-order valence-electron chi connectivity index (χ1n) is 8.56. The van der Waals surface area contributed by atoms with E-state index in [1.54, 1.807) is 37.8 Å². The largest absolute Gasteiger partial charge is 0.467 e. The van der Waals surface area contributed by atoms with E-state index >= 15 is 0 Å². The number of rotatable bonds is 6. The first-order chi connectivity index (χ1) is 12.6. The van der Waals surface area contributed by atoms with Crippen molar-refractivity contribution in [3.63, 3.8) is 0 Å². The Morgan fingerprint density at radius 2 is 2.08 bits per heavy atom. The second kappa shape index (κ2) is 7.90. The minimum Gasteiger partial charge on any atom is -0.467 e. The monoisotopic (exact) mass is 358 g/mol. The van der Waals surface area contributed by atoms with Gasteiger partial charge in [0.25, 0.3) is 5.91 Å². The molecule has 0 fully saturated rings. The van der Waals surface area contributed by atoms with E-state index in [-0.39, 0.29) is 24.5 Å². The average Bonchev–Trinajstić information content (AvgIpc) is 3.39. The highest BCUT2D eigenvalue weighted by Gasteiger charge is 2.36. The normalized spacial score (nSPS) is 16.5. The number of nitrogens with one attached hydrogen (secondary N) is 1. The number of hydrogen-bond donors (Lipinski definition) is 1. The van der Waals surface area contributed by atoms with E-state index in [1.165, 1.54) is 9.91 Å². The van der Waals surface area contributed by atoms with Crippen LogP contribution in [-0.4, -0.2) is 47.7 Å².